The summed E-state index contributed by atoms with van der Waals surface area (Å²) < 4.78 is 23.0. The monoisotopic (exact) mass is 318 g/mol. The molecular weight excluding hydrogens is 300 g/mol. The maximum absolute atomic E-state index is 11.5. The molecule has 1 aliphatic rings. The van der Waals surface area contributed by atoms with Gasteiger partial charge in [0.25, 0.3) is 0 Å². The van der Waals surface area contributed by atoms with E-state index in [1.807, 2.05) is 36.9 Å². The van der Waals surface area contributed by atoms with Gasteiger partial charge < -0.3 is 4.90 Å². The first-order chi connectivity index (χ1) is 10.4. The quantitative estimate of drug-likeness (QED) is 0.833. The molecule has 1 aliphatic heterocycles. The third kappa shape index (κ3) is 3.09. The molecule has 3 rings (SSSR count). The molecule has 2 aromatic heterocycles. The lowest BCUT2D eigenvalue weighted by atomic mass is 10.1. The smallest absolute Gasteiger partial charge is 0.225 e. The van der Waals surface area contributed by atoms with Crippen molar-refractivity contribution in [2.75, 3.05) is 29.5 Å². The SMILES string of the molecule is Cc1ccc(-c2ccnc(N3CCS(=O)(=O)CC3)n2)c(C)n1. The number of sulfone groups is 1. The van der Waals surface area contributed by atoms with E-state index < -0.39 is 9.84 Å². The minimum atomic E-state index is -2.90. The van der Waals surface area contributed by atoms with E-state index in [2.05, 4.69) is 15.0 Å². The van der Waals surface area contributed by atoms with E-state index in [1.165, 1.54) is 0 Å². The van der Waals surface area contributed by atoms with Crippen LogP contribution in [-0.2, 0) is 9.84 Å². The molecule has 1 fully saturated rings. The van der Waals surface area contributed by atoms with Crippen LogP contribution in [-0.4, -0.2) is 48.0 Å². The Morgan fingerprint density at radius 1 is 1.05 bits per heavy atom. The average Bonchev–Trinajstić information content (AvgIpc) is 2.47. The molecule has 22 heavy (non-hydrogen) atoms. The van der Waals surface area contributed by atoms with Gasteiger partial charge >= 0.3 is 0 Å². The minimum Gasteiger partial charge on any atom is -0.339 e. The summed E-state index contributed by atoms with van der Waals surface area (Å²) in [7, 11) is -2.90. The molecular formula is C15H18N4O2S. The van der Waals surface area contributed by atoms with Crippen molar-refractivity contribution in [2.24, 2.45) is 0 Å². The number of aryl methyl sites for hydroxylation is 2. The molecule has 7 heteroatoms. The lowest BCUT2D eigenvalue weighted by Gasteiger charge is -2.26. The summed E-state index contributed by atoms with van der Waals surface area (Å²) in [5.74, 6) is 0.893. The third-order valence-corrected chi connectivity index (χ3v) is 5.38. The molecule has 0 spiro atoms. The van der Waals surface area contributed by atoms with Crippen LogP contribution in [0.4, 0.5) is 5.95 Å². The van der Waals surface area contributed by atoms with Crippen LogP contribution in [0.1, 0.15) is 11.4 Å². The first-order valence-corrected chi connectivity index (χ1v) is 9.00. The maximum Gasteiger partial charge on any atom is 0.225 e. The molecule has 0 bridgehead atoms. The number of rotatable bonds is 2. The summed E-state index contributed by atoms with van der Waals surface area (Å²) in [5, 5.41) is 0. The van der Waals surface area contributed by atoms with Gasteiger partial charge in [0.15, 0.2) is 9.84 Å². The van der Waals surface area contributed by atoms with E-state index in [1.54, 1.807) is 6.20 Å². The molecule has 0 aromatic carbocycles. The summed E-state index contributed by atoms with van der Waals surface area (Å²) >= 11 is 0. The van der Waals surface area contributed by atoms with Gasteiger partial charge in [-0.3, -0.25) is 4.98 Å². The van der Waals surface area contributed by atoms with Crippen molar-refractivity contribution in [1.29, 1.82) is 0 Å². The summed E-state index contributed by atoms with van der Waals surface area (Å²) in [6.07, 6.45) is 1.71. The number of nitrogens with zero attached hydrogens (tertiary/aromatic N) is 4. The highest BCUT2D eigenvalue weighted by Gasteiger charge is 2.23. The molecule has 0 radical (unpaired) electrons. The predicted octanol–water partition coefficient (Wildman–Crippen LogP) is 1.39. The van der Waals surface area contributed by atoms with E-state index in [4.69, 9.17) is 0 Å². The molecule has 116 valence electrons. The lowest BCUT2D eigenvalue weighted by molar-refractivity contribution is 0.585. The zero-order valence-corrected chi connectivity index (χ0v) is 13.5. The molecule has 0 unspecified atom stereocenters. The van der Waals surface area contributed by atoms with Crippen LogP contribution in [0.15, 0.2) is 24.4 Å². The van der Waals surface area contributed by atoms with Crippen LogP contribution in [0.2, 0.25) is 0 Å². The predicted molar refractivity (Wildman–Crippen MR) is 85.6 cm³/mol. The molecule has 6 nitrogen and oxygen atoms in total. The van der Waals surface area contributed by atoms with Gasteiger partial charge in [-0.05, 0) is 32.0 Å². The van der Waals surface area contributed by atoms with Crippen molar-refractivity contribution in [3.63, 3.8) is 0 Å². The van der Waals surface area contributed by atoms with Crippen molar-refractivity contribution in [3.8, 4) is 11.3 Å². The molecule has 0 atom stereocenters. The Bertz CT molecular complexity index is 791. The van der Waals surface area contributed by atoms with Gasteiger partial charge in [0.1, 0.15) is 0 Å². The zero-order chi connectivity index (χ0) is 15.7. The minimum absolute atomic E-state index is 0.158. The Balaban J connectivity index is 1.90. The van der Waals surface area contributed by atoms with Gasteiger partial charge in [-0.1, -0.05) is 0 Å². The maximum atomic E-state index is 11.5. The molecule has 0 N–H and O–H groups in total. The van der Waals surface area contributed by atoms with E-state index in [0.29, 0.717) is 19.0 Å². The van der Waals surface area contributed by atoms with Crippen LogP contribution < -0.4 is 4.90 Å². The normalized spacial score (nSPS) is 17.5. The van der Waals surface area contributed by atoms with Crippen molar-refractivity contribution in [3.05, 3.63) is 35.8 Å². The Kier molecular flexibility index (Phi) is 3.82. The molecule has 2 aromatic rings. The highest BCUT2D eigenvalue weighted by Crippen LogP contribution is 2.22. The second-order valence-electron chi connectivity index (χ2n) is 5.47. The highest BCUT2D eigenvalue weighted by molar-refractivity contribution is 7.91. The van der Waals surface area contributed by atoms with Gasteiger partial charge in [-0.15, -0.1) is 0 Å². The van der Waals surface area contributed by atoms with Crippen LogP contribution in [0, 0.1) is 13.8 Å². The van der Waals surface area contributed by atoms with Gasteiger partial charge in [-0.2, -0.15) is 0 Å². The first-order valence-electron chi connectivity index (χ1n) is 7.18. The van der Waals surface area contributed by atoms with Crippen molar-refractivity contribution >= 4 is 15.8 Å². The standard InChI is InChI=1S/C15H18N4O2S/c1-11-3-4-13(12(2)17-11)14-5-6-16-15(18-14)19-7-9-22(20,21)10-8-19/h3-6H,7-10H2,1-2H3. The molecule has 3 heterocycles. The first kappa shape index (κ1) is 14.9. The fraction of sp³-hybridized carbons (Fsp3) is 0.400. The Morgan fingerprint density at radius 3 is 2.45 bits per heavy atom. The summed E-state index contributed by atoms with van der Waals surface area (Å²) in [4.78, 5) is 15.2. The Hall–Kier alpha value is -2.02. The van der Waals surface area contributed by atoms with Crippen molar-refractivity contribution < 1.29 is 8.42 Å². The molecule has 1 saturated heterocycles. The molecule has 0 aliphatic carbocycles. The summed E-state index contributed by atoms with van der Waals surface area (Å²) in [6, 6.07) is 5.81. The largest absolute Gasteiger partial charge is 0.339 e. The third-order valence-electron chi connectivity index (χ3n) is 3.77. The topological polar surface area (TPSA) is 76.1 Å². The fourth-order valence-electron chi connectivity index (χ4n) is 2.52. The average molecular weight is 318 g/mol. The van der Waals surface area contributed by atoms with Gasteiger partial charge in [0.05, 0.1) is 17.2 Å². The van der Waals surface area contributed by atoms with E-state index in [9.17, 15) is 8.42 Å². The number of anilines is 1. The number of pyridine rings is 1. The van der Waals surface area contributed by atoms with E-state index in [0.717, 1.165) is 22.6 Å². The second kappa shape index (κ2) is 5.64. The van der Waals surface area contributed by atoms with Crippen LogP contribution >= 0.6 is 0 Å². The van der Waals surface area contributed by atoms with E-state index in [-0.39, 0.29) is 11.5 Å². The van der Waals surface area contributed by atoms with Crippen molar-refractivity contribution in [1.82, 2.24) is 15.0 Å². The van der Waals surface area contributed by atoms with Crippen LogP contribution in [0.25, 0.3) is 11.3 Å². The van der Waals surface area contributed by atoms with Gasteiger partial charge in [0, 0.05) is 36.2 Å². The van der Waals surface area contributed by atoms with Crippen LogP contribution in [0.5, 0.6) is 0 Å². The van der Waals surface area contributed by atoms with Crippen LogP contribution in [0.3, 0.4) is 0 Å². The number of hydrogen-bond acceptors (Lipinski definition) is 6. The van der Waals surface area contributed by atoms with E-state index >= 15 is 0 Å². The van der Waals surface area contributed by atoms with Gasteiger partial charge in [0.2, 0.25) is 5.95 Å². The molecule has 0 saturated carbocycles. The zero-order valence-electron chi connectivity index (χ0n) is 12.7. The summed E-state index contributed by atoms with van der Waals surface area (Å²) in [5.41, 5.74) is 3.67. The highest BCUT2D eigenvalue weighted by atomic mass is 32.2. The Labute approximate surface area is 130 Å². The molecule has 0 amide bonds. The lowest BCUT2D eigenvalue weighted by Crippen LogP contribution is -2.41. The van der Waals surface area contributed by atoms with Gasteiger partial charge in [-0.25, -0.2) is 18.4 Å². The van der Waals surface area contributed by atoms with Crippen molar-refractivity contribution in [2.45, 2.75) is 13.8 Å². The second-order valence-corrected chi connectivity index (χ2v) is 7.77. The number of hydrogen-bond donors (Lipinski definition) is 0. The fourth-order valence-corrected chi connectivity index (χ4v) is 3.72. The Morgan fingerprint density at radius 2 is 1.77 bits per heavy atom. The summed E-state index contributed by atoms with van der Waals surface area (Å²) in [6.45, 7) is 4.79. The number of aromatic nitrogens is 3.